The van der Waals surface area contributed by atoms with Gasteiger partial charge in [-0.25, -0.2) is 12.8 Å². The molecule has 2 aromatic rings. The summed E-state index contributed by atoms with van der Waals surface area (Å²) in [6.45, 7) is 5.89. The van der Waals surface area contributed by atoms with Crippen molar-refractivity contribution in [2.24, 2.45) is 5.92 Å². The minimum absolute atomic E-state index is 0.0103. The van der Waals surface area contributed by atoms with Gasteiger partial charge >= 0.3 is 11.8 Å². The van der Waals surface area contributed by atoms with Gasteiger partial charge < -0.3 is 14.7 Å². The van der Waals surface area contributed by atoms with Crippen molar-refractivity contribution in [3.63, 3.8) is 0 Å². The number of nitrogens with zero attached hydrogens (tertiary/aromatic N) is 3. The summed E-state index contributed by atoms with van der Waals surface area (Å²) in [5.41, 5.74) is 0. The predicted octanol–water partition coefficient (Wildman–Crippen LogP) is 2.08. The number of piperidine rings is 1. The number of rotatable bonds is 9. The van der Waals surface area contributed by atoms with E-state index in [1.54, 1.807) is 0 Å². The normalized spacial score (nSPS) is 17.7. The Morgan fingerprint density at radius 2 is 2.10 bits per heavy atom. The molecule has 1 aliphatic heterocycles. The molecule has 1 saturated heterocycles. The zero-order valence-electron chi connectivity index (χ0n) is 17.0. The average molecular weight is 439 g/mol. The maximum Gasteiger partial charge on any atom is 0.315 e. The second-order valence-corrected chi connectivity index (χ2v) is 9.81. The van der Waals surface area contributed by atoms with Gasteiger partial charge in [0.25, 0.3) is 0 Å². The second-order valence-electron chi connectivity index (χ2n) is 7.70. The molecule has 30 heavy (non-hydrogen) atoms. The highest BCUT2D eigenvalue weighted by Gasteiger charge is 2.19. The molecule has 0 aliphatic carbocycles. The van der Waals surface area contributed by atoms with Crippen LogP contribution in [0.4, 0.5) is 4.39 Å². The molecule has 0 radical (unpaired) electrons. The van der Waals surface area contributed by atoms with Gasteiger partial charge in [-0.15, -0.1) is 0 Å². The highest BCUT2D eigenvalue weighted by molar-refractivity contribution is 7.91. The summed E-state index contributed by atoms with van der Waals surface area (Å²) < 4.78 is 42.5. The van der Waals surface area contributed by atoms with E-state index in [9.17, 15) is 17.6 Å². The zero-order valence-corrected chi connectivity index (χ0v) is 17.8. The monoisotopic (exact) mass is 438 g/mol. The molecule has 10 heteroatoms. The number of likely N-dealkylation sites (tertiary alicyclic amines) is 1. The van der Waals surface area contributed by atoms with E-state index in [1.807, 2.05) is 0 Å². The van der Waals surface area contributed by atoms with E-state index in [4.69, 9.17) is 4.52 Å². The standard InChI is InChI=1S/C20H27FN4O4S/c1-15-4-2-11-25(14-15)12-3-10-22-19(26)20-23-18(24-29-20)9-13-30(27,28)17-7-5-16(21)6-8-17/h5-8,15H,2-4,9-14H2,1H3,(H,22,26)/t15-/m0/s1. The predicted molar refractivity (Wildman–Crippen MR) is 108 cm³/mol. The van der Waals surface area contributed by atoms with Gasteiger partial charge in [0.05, 0.1) is 10.6 Å². The summed E-state index contributed by atoms with van der Waals surface area (Å²) in [7, 11) is -3.61. The minimum Gasteiger partial charge on any atom is -0.348 e. The number of hydrogen-bond donors (Lipinski definition) is 1. The lowest BCUT2D eigenvalue weighted by atomic mass is 10.0. The number of benzene rings is 1. The quantitative estimate of drug-likeness (QED) is 0.472. The molecule has 1 aliphatic rings. The second kappa shape index (κ2) is 10.1. The van der Waals surface area contributed by atoms with Crippen molar-refractivity contribution in [2.45, 2.75) is 37.5 Å². The maximum atomic E-state index is 13.0. The third-order valence-electron chi connectivity index (χ3n) is 5.11. The number of aryl methyl sites for hydroxylation is 1. The van der Waals surface area contributed by atoms with Crippen LogP contribution in [0.3, 0.4) is 0 Å². The lowest BCUT2D eigenvalue weighted by Gasteiger charge is -2.30. The number of amides is 1. The van der Waals surface area contributed by atoms with Crippen LogP contribution in [-0.2, 0) is 16.3 Å². The molecule has 1 amide bonds. The number of hydrogen-bond acceptors (Lipinski definition) is 7. The molecule has 0 unspecified atom stereocenters. The number of aromatic nitrogens is 2. The van der Waals surface area contributed by atoms with E-state index < -0.39 is 21.6 Å². The Labute approximate surface area is 175 Å². The van der Waals surface area contributed by atoms with Gasteiger partial charge in [0.2, 0.25) is 0 Å². The number of nitrogens with one attached hydrogen (secondary N) is 1. The van der Waals surface area contributed by atoms with Crippen molar-refractivity contribution >= 4 is 15.7 Å². The molecule has 0 bridgehead atoms. The Hall–Kier alpha value is -2.33. The van der Waals surface area contributed by atoms with Gasteiger partial charge in [0.15, 0.2) is 15.7 Å². The van der Waals surface area contributed by atoms with Gasteiger partial charge in [-0.3, -0.25) is 4.79 Å². The highest BCUT2D eigenvalue weighted by atomic mass is 32.2. The van der Waals surface area contributed by atoms with E-state index in [2.05, 4.69) is 27.3 Å². The highest BCUT2D eigenvalue weighted by Crippen LogP contribution is 2.15. The maximum absolute atomic E-state index is 13.0. The third-order valence-corrected chi connectivity index (χ3v) is 6.84. The molecule has 1 aromatic carbocycles. The first kappa shape index (κ1) is 22.4. The average Bonchev–Trinajstić information content (AvgIpc) is 3.19. The molecule has 1 aromatic heterocycles. The van der Waals surface area contributed by atoms with Crippen molar-refractivity contribution in [1.82, 2.24) is 20.4 Å². The van der Waals surface area contributed by atoms with Gasteiger partial charge in [-0.1, -0.05) is 12.1 Å². The summed E-state index contributed by atoms with van der Waals surface area (Å²) in [5.74, 6) is -0.579. The van der Waals surface area contributed by atoms with Crippen molar-refractivity contribution in [2.75, 3.05) is 31.9 Å². The van der Waals surface area contributed by atoms with Gasteiger partial charge in [-0.05, 0) is 62.5 Å². The smallest absolute Gasteiger partial charge is 0.315 e. The van der Waals surface area contributed by atoms with Gasteiger partial charge in [-0.2, -0.15) is 4.98 Å². The van der Waals surface area contributed by atoms with Crippen molar-refractivity contribution in [3.8, 4) is 0 Å². The molecule has 3 rings (SSSR count). The van der Waals surface area contributed by atoms with E-state index in [0.717, 1.165) is 44.1 Å². The van der Waals surface area contributed by atoms with Gasteiger partial charge in [0.1, 0.15) is 5.82 Å². The van der Waals surface area contributed by atoms with Crippen LogP contribution in [0, 0.1) is 11.7 Å². The fraction of sp³-hybridized carbons (Fsp3) is 0.550. The minimum atomic E-state index is -3.61. The van der Waals surface area contributed by atoms with Crippen molar-refractivity contribution in [3.05, 3.63) is 41.8 Å². The van der Waals surface area contributed by atoms with E-state index >= 15 is 0 Å². The van der Waals surface area contributed by atoms with Crippen LogP contribution in [-0.4, -0.2) is 61.3 Å². The summed E-state index contributed by atoms with van der Waals surface area (Å²) in [6.07, 6.45) is 3.31. The Balaban J connectivity index is 1.42. The number of sulfone groups is 1. The van der Waals surface area contributed by atoms with Crippen LogP contribution < -0.4 is 5.32 Å². The van der Waals surface area contributed by atoms with Crippen LogP contribution in [0.2, 0.25) is 0 Å². The SMILES string of the molecule is C[C@H]1CCCN(CCCNC(=O)c2nc(CCS(=O)(=O)c3ccc(F)cc3)no2)C1. The lowest BCUT2D eigenvalue weighted by molar-refractivity contribution is 0.0906. The molecule has 1 fully saturated rings. The Bertz CT molecular complexity index is 946. The Morgan fingerprint density at radius 1 is 1.33 bits per heavy atom. The molecule has 1 N–H and O–H groups in total. The zero-order chi connectivity index (χ0) is 21.6. The molecular formula is C20H27FN4O4S. The van der Waals surface area contributed by atoms with Gasteiger partial charge in [0, 0.05) is 19.5 Å². The summed E-state index contributed by atoms with van der Waals surface area (Å²) in [4.78, 5) is 18.5. The van der Waals surface area contributed by atoms with Crippen LogP contribution >= 0.6 is 0 Å². The molecule has 2 heterocycles. The number of halogens is 1. The first-order chi connectivity index (χ1) is 14.3. The van der Waals surface area contributed by atoms with E-state index in [-0.39, 0.29) is 28.8 Å². The summed E-state index contributed by atoms with van der Waals surface area (Å²) in [5, 5.41) is 6.43. The molecule has 0 spiro atoms. The Morgan fingerprint density at radius 3 is 2.83 bits per heavy atom. The Kier molecular flexibility index (Phi) is 7.54. The van der Waals surface area contributed by atoms with Crippen molar-refractivity contribution < 1.29 is 22.1 Å². The van der Waals surface area contributed by atoms with Crippen LogP contribution in [0.15, 0.2) is 33.7 Å². The summed E-state index contributed by atoms with van der Waals surface area (Å²) in [6, 6.07) is 4.61. The van der Waals surface area contributed by atoms with Crippen LogP contribution in [0.25, 0.3) is 0 Å². The van der Waals surface area contributed by atoms with Crippen molar-refractivity contribution in [1.29, 1.82) is 0 Å². The van der Waals surface area contributed by atoms with Crippen LogP contribution in [0.5, 0.6) is 0 Å². The fourth-order valence-electron chi connectivity index (χ4n) is 3.50. The number of carbonyl (C=O) groups excluding carboxylic acids is 1. The first-order valence-electron chi connectivity index (χ1n) is 10.1. The van der Waals surface area contributed by atoms with E-state index in [0.29, 0.717) is 6.54 Å². The first-order valence-corrected chi connectivity index (χ1v) is 11.8. The molecule has 164 valence electrons. The third kappa shape index (κ3) is 6.33. The molecule has 1 atom stereocenters. The summed E-state index contributed by atoms with van der Waals surface area (Å²) >= 11 is 0. The molecule has 0 saturated carbocycles. The molecular weight excluding hydrogens is 411 g/mol. The largest absolute Gasteiger partial charge is 0.348 e. The van der Waals surface area contributed by atoms with Crippen LogP contribution in [0.1, 0.15) is 42.7 Å². The molecule has 8 nitrogen and oxygen atoms in total. The lowest BCUT2D eigenvalue weighted by Crippen LogP contribution is -2.36. The topological polar surface area (TPSA) is 105 Å². The number of carbonyl (C=O) groups is 1. The van der Waals surface area contributed by atoms with E-state index in [1.165, 1.54) is 25.0 Å². The fourth-order valence-corrected chi connectivity index (χ4v) is 4.74.